The maximum Gasteiger partial charge on any atom is 0.265 e. The Morgan fingerprint density at radius 2 is 1.90 bits per heavy atom. The van der Waals surface area contributed by atoms with Gasteiger partial charge in [0, 0.05) is 28.5 Å². The average molecular weight is 421 g/mol. The van der Waals surface area contributed by atoms with Crippen LogP contribution in [-0.2, 0) is 10.8 Å². The van der Waals surface area contributed by atoms with E-state index in [0.29, 0.717) is 12.4 Å². The Labute approximate surface area is 169 Å². The monoisotopic (exact) mass is 421 g/mol. The van der Waals surface area contributed by atoms with E-state index in [4.69, 9.17) is 15.2 Å². The number of pyridine rings is 1. The van der Waals surface area contributed by atoms with E-state index in [1.807, 2.05) is 0 Å². The SMILES string of the molecule is CCOc1nc(C(CS(C)=O)N2C(=O)c3c(N)ccc(F)c3C2=O)ccc1OC. The third kappa shape index (κ3) is 3.67. The number of ether oxygens (including phenoxy) is 2. The molecule has 1 aromatic heterocycles. The molecule has 10 heteroatoms. The lowest BCUT2D eigenvalue weighted by Crippen LogP contribution is -2.37. The van der Waals surface area contributed by atoms with Crippen molar-refractivity contribution < 1.29 is 27.7 Å². The number of halogens is 1. The largest absolute Gasteiger partial charge is 0.491 e. The number of rotatable bonds is 7. The van der Waals surface area contributed by atoms with Gasteiger partial charge in [0.25, 0.3) is 17.7 Å². The van der Waals surface area contributed by atoms with Gasteiger partial charge in [-0.1, -0.05) is 0 Å². The molecule has 0 saturated carbocycles. The van der Waals surface area contributed by atoms with Crippen molar-refractivity contribution in [2.45, 2.75) is 13.0 Å². The lowest BCUT2D eigenvalue weighted by atomic mass is 10.1. The molecule has 0 fully saturated rings. The number of aromatic nitrogens is 1. The van der Waals surface area contributed by atoms with E-state index in [-0.39, 0.29) is 34.1 Å². The molecule has 154 valence electrons. The third-order valence-electron chi connectivity index (χ3n) is 4.45. The van der Waals surface area contributed by atoms with Gasteiger partial charge in [-0.2, -0.15) is 0 Å². The predicted octanol–water partition coefficient (Wildman–Crippen LogP) is 1.93. The lowest BCUT2D eigenvalue weighted by molar-refractivity contribution is 0.0593. The van der Waals surface area contributed by atoms with Gasteiger partial charge in [0.05, 0.1) is 36.6 Å². The molecule has 0 bridgehead atoms. The van der Waals surface area contributed by atoms with E-state index in [1.165, 1.54) is 19.4 Å². The van der Waals surface area contributed by atoms with Crippen LogP contribution in [0.3, 0.4) is 0 Å². The lowest BCUT2D eigenvalue weighted by Gasteiger charge is -2.25. The fourth-order valence-corrected chi connectivity index (χ4v) is 3.95. The van der Waals surface area contributed by atoms with Gasteiger partial charge in [-0.3, -0.25) is 18.7 Å². The second kappa shape index (κ2) is 8.16. The topological polar surface area (TPSA) is 112 Å². The number of benzene rings is 1. The Bertz CT molecular complexity index is 973. The van der Waals surface area contributed by atoms with Gasteiger partial charge < -0.3 is 15.2 Å². The van der Waals surface area contributed by atoms with Crippen molar-refractivity contribution in [2.24, 2.45) is 0 Å². The molecule has 0 radical (unpaired) electrons. The van der Waals surface area contributed by atoms with Gasteiger partial charge in [-0.25, -0.2) is 9.37 Å². The normalized spacial score (nSPS) is 15.2. The highest BCUT2D eigenvalue weighted by atomic mass is 32.2. The zero-order valence-electron chi connectivity index (χ0n) is 16.1. The third-order valence-corrected chi connectivity index (χ3v) is 5.23. The Kier molecular flexibility index (Phi) is 5.83. The van der Waals surface area contributed by atoms with Gasteiger partial charge >= 0.3 is 0 Å². The zero-order valence-corrected chi connectivity index (χ0v) is 16.9. The Hall–Kier alpha value is -3.01. The molecule has 2 atom stereocenters. The fraction of sp³-hybridized carbons (Fsp3) is 0.316. The summed E-state index contributed by atoms with van der Waals surface area (Å²) in [5, 5.41) is 0. The molecule has 1 aromatic carbocycles. The van der Waals surface area contributed by atoms with Crippen LogP contribution < -0.4 is 15.2 Å². The first kappa shape index (κ1) is 20.7. The molecular formula is C19H20FN3O5S. The van der Waals surface area contributed by atoms with Crippen LogP contribution >= 0.6 is 0 Å². The molecule has 2 N–H and O–H groups in total. The van der Waals surface area contributed by atoms with Crippen LogP contribution in [0, 0.1) is 5.82 Å². The van der Waals surface area contributed by atoms with Crippen LogP contribution in [-0.4, -0.2) is 51.6 Å². The van der Waals surface area contributed by atoms with E-state index in [2.05, 4.69) is 4.98 Å². The van der Waals surface area contributed by atoms with E-state index in [1.54, 1.807) is 19.1 Å². The summed E-state index contributed by atoms with van der Waals surface area (Å²) in [5.41, 5.74) is 5.49. The van der Waals surface area contributed by atoms with Gasteiger partial charge in [0.15, 0.2) is 5.75 Å². The first-order valence-electron chi connectivity index (χ1n) is 8.73. The minimum atomic E-state index is -1.40. The van der Waals surface area contributed by atoms with Gasteiger partial charge in [0.1, 0.15) is 5.82 Å². The molecular weight excluding hydrogens is 401 g/mol. The highest BCUT2D eigenvalue weighted by Gasteiger charge is 2.44. The van der Waals surface area contributed by atoms with Crippen LogP contribution in [0.15, 0.2) is 24.3 Å². The van der Waals surface area contributed by atoms with Crippen LogP contribution in [0.2, 0.25) is 0 Å². The van der Waals surface area contributed by atoms with Crippen molar-refractivity contribution in [3.63, 3.8) is 0 Å². The summed E-state index contributed by atoms with van der Waals surface area (Å²) in [6.07, 6.45) is 1.44. The minimum absolute atomic E-state index is 0.00341. The summed E-state index contributed by atoms with van der Waals surface area (Å²) in [7, 11) is 0.0532. The number of fused-ring (bicyclic) bond motifs is 1. The maximum atomic E-state index is 14.3. The highest BCUT2D eigenvalue weighted by Crippen LogP contribution is 2.37. The molecule has 2 amide bonds. The summed E-state index contributed by atoms with van der Waals surface area (Å²) in [4.78, 5) is 31.1. The molecule has 0 spiro atoms. The maximum absolute atomic E-state index is 14.3. The minimum Gasteiger partial charge on any atom is -0.491 e. The van der Waals surface area contributed by atoms with Crippen molar-refractivity contribution in [1.82, 2.24) is 9.88 Å². The quantitative estimate of drug-likeness (QED) is 0.537. The number of nitrogens with zero attached hydrogens (tertiary/aromatic N) is 2. The number of methoxy groups -OCH3 is 1. The summed E-state index contributed by atoms with van der Waals surface area (Å²) in [6, 6.07) is 4.38. The molecule has 0 aliphatic carbocycles. The Balaban J connectivity index is 2.12. The van der Waals surface area contributed by atoms with Crippen molar-refractivity contribution in [1.29, 1.82) is 0 Å². The second-order valence-corrected chi connectivity index (χ2v) is 7.78. The van der Waals surface area contributed by atoms with E-state index in [9.17, 15) is 18.2 Å². The molecule has 29 heavy (non-hydrogen) atoms. The van der Waals surface area contributed by atoms with Crippen LogP contribution in [0.25, 0.3) is 0 Å². The van der Waals surface area contributed by atoms with Gasteiger partial charge in [0.2, 0.25) is 0 Å². The van der Waals surface area contributed by atoms with Crippen molar-refractivity contribution in [2.75, 3.05) is 31.5 Å². The molecule has 3 rings (SSSR count). The molecule has 2 aromatic rings. The van der Waals surface area contributed by atoms with Crippen LogP contribution in [0.5, 0.6) is 11.6 Å². The predicted molar refractivity (Wildman–Crippen MR) is 105 cm³/mol. The fourth-order valence-electron chi connectivity index (χ4n) is 3.19. The highest BCUT2D eigenvalue weighted by molar-refractivity contribution is 7.84. The number of hydrogen-bond acceptors (Lipinski definition) is 7. The summed E-state index contributed by atoms with van der Waals surface area (Å²) >= 11 is 0. The first-order chi connectivity index (χ1) is 13.8. The van der Waals surface area contributed by atoms with Crippen molar-refractivity contribution >= 4 is 28.3 Å². The average Bonchev–Trinajstić information content (AvgIpc) is 2.94. The molecule has 1 aliphatic heterocycles. The second-order valence-electron chi connectivity index (χ2n) is 6.30. The Morgan fingerprint density at radius 1 is 1.21 bits per heavy atom. The van der Waals surface area contributed by atoms with Crippen molar-refractivity contribution in [3.05, 3.63) is 46.9 Å². The number of carbonyl (C=O) groups excluding carboxylic acids is 2. The number of imide groups is 1. The number of carbonyl (C=O) groups is 2. The Morgan fingerprint density at radius 3 is 2.48 bits per heavy atom. The molecule has 0 saturated heterocycles. The standard InChI is InChI=1S/C19H20FN3O5S/c1-4-28-17-14(27-2)8-7-12(22-17)13(9-29(3)26)23-18(24)15-10(20)5-6-11(21)16(15)19(23)25/h5-8,13H,4,9,21H2,1-3H3. The van der Waals surface area contributed by atoms with E-state index < -0.39 is 34.5 Å². The number of nitrogen functional groups attached to an aromatic ring is 1. The molecule has 2 unspecified atom stereocenters. The molecule has 8 nitrogen and oxygen atoms in total. The molecule has 1 aliphatic rings. The summed E-state index contributed by atoms with van der Waals surface area (Å²) < 4.78 is 37.0. The smallest absolute Gasteiger partial charge is 0.265 e. The van der Waals surface area contributed by atoms with Gasteiger partial charge in [-0.15, -0.1) is 0 Å². The summed E-state index contributed by atoms with van der Waals surface area (Å²) in [6.45, 7) is 2.08. The van der Waals surface area contributed by atoms with Crippen molar-refractivity contribution in [3.8, 4) is 11.6 Å². The first-order valence-corrected chi connectivity index (χ1v) is 10.5. The number of amides is 2. The summed E-state index contributed by atoms with van der Waals surface area (Å²) in [5.74, 6) is -2.00. The van der Waals surface area contributed by atoms with Gasteiger partial charge in [-0.05, 0) is 31.2 Å². The van der Waals surface area contributed by atoms with Crippen LogP contribution in [0.4, 0.5) is 10.1 Å². The number of anilines is 1. The van der Waals surface area contributed by atoms with E-state index in [0.717, 1.165) is 11.0 Å². The number of nitrogens with two attached hydrogens (primary N) is 1. The zero-order chi connectivity index (χ0) is 21.3. The van der Waals surface area contributed by atoms with Crippen LogP contribution in [0.1, 0.15) is 39.4 Å². The van der Waals surface area contributed by atoms with E-state index >= 15 is 0 Å². The molecule has 2 heterocycles. The number of hydrogen-bond donors (Lipinski definition) is 1.